The molecule has 0 saturated carbocycles. The summed E-state index contributed by atoms with van der Waals surface area (Å²) >= 11 is 0. The third-order valence-electron chi connectivity index (χ3n) is 1.48. The summed E-state index contributed by atoms with van der Waals surface area (Å²) in [4.78, 5) is 4.98. The summed E-state index contributed by atoms with van der Waals surface area (Å²) in [6.07, 6.45) is 2.09. The van der Waals surface area contributed by atoms with E-state index in [1.165, 1.54) is 0 Å². The summed E-state index contributed by atoms with van der Waals surface area (Å²) in [5, 5.41) is 12.1. The molecule has 13 heavy (non-hydrogen) atoms. The lowest BCUT2D eigenvalue weighted by Crippen LogP contribution is -1.88. The molecule has 70 valence electrons. The van der Waals surface area contributed by atoms with Gasteiger partial charge in [0.25, 0.3) is 0 Å². The average Bonchev–Trinajstić information content (AvgIpc) is 2.19. The van der Waals surface area contributed by atoms with Gasteiger partial charge in [-0.3, -0.25) is 0 Å². The van der Waals surface area contributed by atoms with Crippen molar-refractivity contribution in [1.29, 1.82) is 0 Å². The predicted octanol–water partition coefficient (Wildman–Crippen LogP) is 1.57. The third kappa shape index (κ3) is 4.28. The van der Waals surface area contributed by atoms with Crippen molar-refractivity contribution in [1.82, 2.24) is 0 Å². The normalized spacial score (nSPS) is 10.5. The van der Waals surface area contributed by atoms with E-state index < -0.39 is 0 Å². The molecule has 0 unspecified atom stereocenters. The fraction of sp³-hybridized carbons (Fsp3) is 0.300. The maximum Gasteiger partial charge on any atom is 0.142 e. The van der Waals surface area contributed by atoms with E-state index in [9.17, 15) is 0 Å². The van der Waals surface area contributed by atoms with Crippen molar-refractivity contribution >= 4 is 6.21 Å². The zero-order chi connectivity index (χ0) is 9.36. The molecule has 0 aliphatic carbocycles. The minimum Gasteiger partial charge on any atom is -0.396 e. The molecule has 0 saturated heterocycles. The maximum atomic E-state index is 8.44. The van der Waals surface area contributed by atoms with Crippen LogP contribution in [0.2, 0.25) is 0 Å². The summed E-state index contributed by atoms with van der Waals surface area (Å²) in [5.74, 6) is 0. The number of oxime groups is 1. The Bertz CT molecular complexity index is 246. The highest BCUT2D eigenvalue weighted by Gasteiger charge is 1.88. The Labute approximate surface area is 77.6 Å². The molecule has 0 aromatic heterocycles. The number of hydrogen-bond donors (Lipinski definition) is 1. The first-order chi connectivity index (χ1) is 6.43. The van der Waals surface area contributed by atoms with Gasteiger partial charge in [-0.25, -0.2) is 0 Å². The van der Waals surface area contributed by atoms with Gasteiger partial charge in [-0.2, -0.15) is 0 Å². The van der Waals surface area contributed by atoms with E-state index in [0.717, 1.165) is 5.56 Å². The summed E-state index contributed by atoms with van der Waals surface area (Å²) in [6, 6.07) is 9.81. The van der Waals surface area contributed by atoms with Crippen LogP contribution in [-0.4, -0.2) is 17.9 Å². The molecule has 0 aliphatic rings. The van der Waals surface area contributed by atoms with E-state index in [-0.39, 0.29) is 6.61 Å². The van der Waals surface area contributed by atoms with Crippen molar-refractivity contribution in [3.63, 3.8) is 0 Å². The maximum absolute atomic E-state index is 8.44. The molecule has 0 spiro atoms. The smallest absolute Gasteiger partial charge is 0.142 e. The zero-order valence-electron chi connectivity index (χ0n) is 7.39. The van der Waals surface area contributed by atoms with Crippen LogP contribution in [0.15, 0.2) is 35.5 Å². The van der Waals surface area contributed by atoms with Crippen LogP contribution in [-0.2, 0) is 11.4 Å². The topological polar surface area (TPSA) is 41.8 Å². The van der Waals surface area contributed by atoms with Gasteiger partial charge in [0.2, 0.25) is 0 Å². The molecule has 1 rings (SSSR count). The number of aliphatic hydroxyl groups excluding tert-OH is 1. The number of nitrogens with zero attached hydrogens (tertiary/aromatic N) is 1. The van der Waals surface area contributed by atoms with Crippen LogP contribution in [0.1, 0.15) is 12.0 Å². The molecule has 1 aromatic rings. The molecular formula is C10H13NO2. The van der Waals surface area contributed by atoms with E-state index in [4.69, 9.17) is 9.94 Å². The van der Waals surface area contributed by atoms with Crippen molar-refractivity contribution in [2.75, 3.05) is 6.61 Å². The van der Waals surface area contributed by atoms with Gasteiger partial charge >= 0.3 is 0 Å². The lowest BCUT2D eigenvalue weighted by Gasteiger charge is -1.97. The second kappa shape index (κ2) is 6.20. The van der Waals surface area contributed by atoms with Gasteiger partial charge < -0.3 is 9.94 Å². The van der Waals surface area contributed by atoms with E-state index in [2.05, 4.69) is 5.16 Å². The lowest BCUT2D eigenvalue weighted by atomic mass is 10.2. The van der Waals surface area contributed by atoms with Crippen LogP contribution >= 0.6 is 0 Å². The molecule has 0 heterocycles. The molecule has 3 nitrogen and oxygen atoms in total. The van der Waals surface area contributed by atoms with E-state index in [1.807, 2.05) is 30.3 Å². The second-order valence-electron chi connectivity index (χ2n) is 2.56. The van der Waals surface area contributed by atoms with Gasteiger partial charge in [0.05, 0.1) is 0 Å². The largest absolute Gasteiger partial charge is 0.396 e. The lowest BCUT2D eigenvalue weighted by molar-refractivity contribution is 0.131. The molecule has 0 aliphatic heterocycles. The minimum absolute atomic E-state index is 0.109. The van der Waals surface area contributed by atoms with Gasteiger partial charge in [0.15, 0.2) is 0 Å². The quantitative estimate of drug-likeness (QED) is 0.550. The highest BCUT2D eigenvalue weighted by atomic mass is 16.6. The van der Waals surface area contributed by atoms with E-state index >= 15 is 0 Å². The van der Waals surface area contributed by atoms with Crippen LogP contribution in [0, 0.1) is 0 Å². The standard InChI is InChI=1S/C10H13NO2/c12-8-4-7-11-13-9-10-5-2-1-3-6-10/h1-3,5-7,12H,4,8-9H2/b11-7+. The Morgan fingerprint density at radius 1 is 1.31 bits per heavy atom. The Morgan fingerprint density at radius 2 is 2.08 bits per heavy atom. The number of aliphatic hydroxyl groups is 1. The van der Waals surface area contributed by atoms with Gasteiger partial charge in [0, 0.05) is 19.2 Å². The zero-order valence-corrected chi connectivity index (χ0v) is 7.39. The van der Waals surface area contributed by atoms with Crippen molar-refractivity contribution in [3.05, 3.63) is 35.9 Å². The fourth-order valence-electron chi connectivity index (χ4n) is 0.849. The van der Waals surface area contributed by atoms with Crippen molar-refractivity contribution < 1.29 is 9.94 Å². The highest BCUT2D eigenvalue weighted by molar-refractivity contribution is 5.56. The Balaban J connectivity index is 2.20. The summed E-state index contributed by atoms with van der Waals surface area (Å²) in [6.45, 7) is 0.584. The van der Waals surface area contributed by atoms with Crippen molar-refractivity contribution in [2.45, 2.75) is 13.0 Å². The van der Waals surface area contributed by atoms with Gasteiger partial charge in [-0.1, -0.05) is 35.5 Å². The Kier molecular flexibility index (Phi) is 4.64. The summed E-state index contributed by atoms with van der Waals surface area (Å²) in [7, 11) is 0. The van der Waals surface area contributed by atoms with Crippen molar-refractivity contribution in [2.24, 2.45) is 5.16 Å². The first-order valence-electron chi connectivity index (χ1n) is 4.22. The van der Waals surface area contributed by atoms with Crippen LogP contribution in [0.4, 0.5) is 0 Å². The SMILES string of the molecule is OCC/C=N/OCc1ccccc1. The number of benzene rings is 1. The molecule has 0 atom stereocenters. The number of hydrogen-bond acceptors (Lipinski definition) is 3. The molecule has 0 radical (unpaired) electrons. The third-order valence-corrected chi connectivity index (χ3v) is 1.48. The summed E-state index contributed by atoms with van der Waals surface area (Å²) in [5.41, 5.74) is 1.09. The summed E-state index contributed by atoms with van der Waals surface area (Å²) < 4.78 is 0. The highest BCUT2D eigenvalue weighted by Crippen LogP contribution is 1.99. The molecule has 0 fully saturated rings. The van der Waals surface area contributed by atoms with Gasteiger partial charge in [-0.05, 0) is 5.56 Å². The van der Waals surface area contributed by atoms with Gasteiger partial charge in [0.1, 0.15) is 6.61 Å². The van der Waals surface area contributed by atoms with Crippen LogP contribution in [0.5, 0.6) is 0 Å². The van der Waals surface area contributed by atoms with Gasteiger partial charge in [-0.15, -0.1) is 0 Å². The molecule has 1 aromatic carbocycles. The fourth-order valence-corrected chi connectivity index (χ4v) is 0.849. The average molecular weight is 179 g/mol. The van der Waals surface area contributed by atoms with E-state index in [1.54, 1.807) is 6.21 Å². The molecule has 0 bridgehead atoms. The molecule has 1 N–H and O–H groups in total. The molecule has 0 amide bonds. The van der Waals surface area contributed by atoms with Crippen molar-refractivity contribution in [3.8, 4) is 0 Å². The predicted molar refractivity (Wildman–Crippen MR) is 51.4 cm³/mol. The molecular weight excluding hydrogens is 166 g/mol. The second-order valence-corrected chi connectivity index (χ2v) is 2.56. The number of rotatable bonds is 5. The molecule has 3 heteroatoms. The van der Waals surface area contributed by atoms with Crippen LogP contribution in [0.3, 0.4) is 0 Å². The van der Waals surface area contributed by atoms with Crippen LogP contribution in [0.25, 0.3) is 0 Å². The first kappa shape index (κ1) is 9.74. The van der Waals surface area contributed by atoms with E-state index in [0.29, 0.717) is 13.0 Å². The Hall–Kier alpha value is -1.35. The first-order valence-corrected chi connectivity index (χ1v) is 4.22. The van der Waals surface area contributed by atoms with Crippen LogP contribution < -0.4 is 0 Å². The monoisotopic (exact) mass is 179 g/mol. The minimum atomic E-state index is 0.109. The Morgan fingerprint density at radius 3 is 2.77 bits per heavy atom.